The summed E-state index contributed by atoms with van der Waals surface area (Å²) in [5.41, 5.74) is 7.12. The maximum absolute atomic E-state index is 12.8. The summed E-state index contributed by atoms with van der Waals surface area (Å²) in [6, 6.07) is 17.7. The van der Waals surface area contributed by atoms with Gasteiger partial charge in [-0.3, -0.25) is 4.79 Å². The van der Waals surface area contributed by atoms with E-state index >= 15 is 0 Å². The van der Waals surface area contributed by atoms with Gasteiger partial charge >= 0.3 is 0 Å². The average molecular weight is 539 g/mol. The van der Waals surface area contributed by atoms with Crippen molar-refractivity contribution >= 4 is 50.9 Å². The van der Waals surface area contributed by atoms with Crippen molar-refractivity contribution in [2.24, 2.45) is 0 Å². The maximum Gasteiger partial charge on any atom is 0.256 e. The summed E-state index contributed by atoms with van der Waals surface area (Å²) in [7, 11) is 0. The molecule has 0 saturated heterocycles. The van der Waals surface area contributed by atoms with Crippen LogP contribution in [-0.2, 0) is 0 Å². The van der Waals surface area contributed by atoms with E-state index in [1.807, 2.05) is 43.3 Å². The van der Waals surface area contributed by atoms with Crippen LogP contribution in [0.3, 0.4) is 0 Å². The van der Waals surface area contributed by atoms with Gasteiger partial charge in [0.15, 0.2) is 0 Å². The van der Waals surface area contributed by atoms with Crippen molar-refractivity contribution < 1.29 is 4.79 Å². The molecule has 0 radical (unpaired) electrons. The molecule has 0 aliphatic heterocycles. The molecule has 1 amide bonds. The summed E-state index contributed by atoms with van der Waals surface area (Å²) in [4.78, 5) is 16.8. The fourth-order valence-corrected chi connectivity index (χ4v) is 4.43. The standard InChI is InChI=1S/C25H26IN5O/c1-5-30(6-2)18-11-12-24(17(4)13-18)31-28-22-14-16(3)21(15-23(22)29-31)27-25(32)19-9-7-8-10-20(19)26/h7-15H,5-6H2,1-4H3,(H,27,32). The van der Waals surface area contributed by atoms with Gasteiger partial charge in [-0.05, 0) is 104 Å². The molecule has 7 heteroatoms. The van der Waals surface area contributed by atoms with E-state index in [4.69, 9.17) is 10.2 Å². The molecule has 4 aromatic rings. The molecule has 1 aromatic heterocycles. The van der Waals surface area contributed by atoms with Crippen molar-refractivity contribution in [2.45, 2.75) is 27.7 Å². The second-order valence-corrected chi connectivity index (χ2v) is 8.88. The van der Waals surface area contributed by atoms with E-state index in [-0.39, 0.29) is 5.91 Å². The highest BCUT2D eigenvalue weighted by atomic mass is 127. The van der Waals surface area contributed by atoms with Gasteiger partial charge in [-0.25, -0.2) is 0 Å². The molecule has 32 heavy (non-hydrogen) atoms. The van der Waals surface area contributed by atoms with Gasteiger partial charge in [-0.1, -0.05) is 12.1 Å². The molecule has 0 saturated carbocycles. The Bertz CT molecular complexity index is 1290. The largest absolute Gasteiger partial charge is 0.372 e. The molecule has 1 N–H and O–H groups in total. The fraction of sp³-hybridized carbons (Fsp3) is 0.240. The zero-order valence-electron chi connectivity index (χ0n) is 18.7. The lowest BCUT2D eigenvalue weighted by molar-refractivity contribution is 0.102. The SMILES string of the molecule is CCN(CC)c1ccc(-n2nc3cc(C)c(NC(=O)c4ccccc4I)cc3n2)c(C)c1. The lowest BCUT2D eigenvalue weighted by Crippen LogP contribution is -2.21. The van der Waals surface area contributed by atoms with E-state index in [2.05, 4.69) is 71.8 Å². The third-order valence-electron chi connectivity index (χ3n) is 5.62. The van der Waals surface area contributed by atoms with Crippen LogP contribution in [-0.4, -0.2) is 34.0 Å². The Kier molecular flexibility index (Phi) is 6.45. The van der Waals surface area contributed by atoms with Crippen LogP contribution in [0.1, 0.15) is 35.3 Å². The van der Waals surface area contributed by atoms with Crippen LogP contribution in [0.2, 0.25) is 0 Å². The van der Waals surface area contributed by atoms with Crippen molar-refractivity contribution in [1.29, 1.82) is 0 Å². The first-order chi connectivity index (χ1) is 15.4. The molecular formula is C25H26IN5O. The van der Waals surface area contributed by atoms with Gasteiger partial charge in [-0.2, -0.15) is 4.80 Å². The number of amides is 1. The quantitative estimate of drug-likeness (QED) is 0.318. The number of anilines is 2. The van der Waals surface area contributed by atoms with Crippen molar-refractivity contribution in [3.63, 3.8) is 0 Å². The Hall–Kier alpha value is -2.94. The molecule has 3 aromatic carbocycles. The summed E-state index contributed by atoms with van der Waals surface area (Å²) >= 11 is 2.18. The summed E-state index contributed by atoms with van der Waals surface area (Å²) < 4.78 is 0.913. The van der Waals surface area contributed by atoms with E-state index < -0.39 is 0 Å². The Balaban J connectivity index is 1.66. The van der Waals surface area contributed by atoms with Gasteiger partial charge in [0.25, 0.3) is 5.91 Å². The number of fused-ring (bicyclic) bond motifs is 1. The van der Waals surface area contributed by atoms with E-state index in [9.17, 15) is 4.79 Å². The van der Waals surface area contributed by atoms with Crippen LogP contribution in [0.5, 0.6) is 0 Å². The van der Waals surface area contributed by atoms with E-state index in [0.29, 0.717) is 5.56 Å². The zero-order chi connectivity index (χ0) is 22.8. The monoisotopic (exact) mass is 539 g/mol. The predicted molar refractivity (Wildman–Crippen MR) is 139 cm³/mol. The number of carbonyl (C=O) groups is 1. The number of aromatic nitrogens is 3. The summed E-state index contributed by atoms with van der Waals surface area (Å²) in [5, 5.41) is 12.4. The van der Waals surface area contributed by atoms with Gasteiger partial charge in [-0.15, -0.1) is 10.2 Å². The van der Waals surface area contributed by atoms with Crippen molar-refractivity contribution in [3.05, 3.63) is 74.9 Å². The molecule has 0 atom stereocenters. The van der Waals surface area contributed by atoms with Gasteiger partial charge in [0.2, 0.25) is 0 Å². The molecule has 164 valence electrons. The van der Waals surface area contributed by atoms with Crippen LogP contribution in [0.15, 0.2) is 54.6 Å². The molecule has 0 aliphatic carbocycles. The van der Waals surface area contributed by atoms with Gasteiger partial charge in [0.05, 0.1) is 11.3 Å². The minimum atomic E-state index is -0.132. The number of hydrogen-bond acceptors (Lipinski definition) is 4. The van der Waals surface area contributed by atoms with E-state index in [0.717, 1.165) is 50.2 Å². The maximum atomic E-state index is 12.8. The molecule has 4 rings (SSSR count). The van der Waals surface area contributed by atoms with Gasteiger partial charge in [0.1, 0.15) is 11.0 Å². The molecule has 0 unspecified atom stereocenters. The molecular weight excluding hydrogens is 513 g/mol. The third-order valence-corrected chi connectivity index (χ3v) is 6.56. The highest BCUT2D eigenvalue weighted by molar-refractivity contribution is 14.1. The van der Waals surface area contributed by atoms with Crippen LogP contribution >= 0.6 is 22.6 Å². The van der Waals surface area contributed by atoms with E-state index in [1.54, 1.807) is 4.80 Å². The van der Waals surface area contributed by atoms with Crippen LogP contribution < -0.4 is 10.2 Å². The summed E-state index contributed by atoms with van der Waals surface area (Å²) in [6.07, 6.45) is 0. The van der Waals surface area contributed by atoms with Crippen LogP contribution in [0, 0.1) is 17.4 Å². The van der Waals surface area contributed by atoms with Gasteiger partial charge < -0.3 is 10.2 Å². The van der Waals surface area contributed by atoms with Gasteiger partial charge in [0, 0.05) is 28.0 Å². The predicted octanol–water partition coefficient (Wildman–Crippen LogP) is 5.74. The van der Waals surface area contributed by atoms with Crippen molar-refractivity contribution in [3.8, 4) is 5.69 Å². The first kappa shape index (κ1) is 22.3. The Morgan fingerprint density at radius 1 is 0.969 bits per heavy atom. The van der Waals surface area contributed by atoms with Crippen LogP contribution in [0.25, 0.3) is 16.7 Å². The first-order valence-electron chi connectivity index (χ1n) is 10.7. The minimum Gasteiger partial charge on any atom is -0.372 e. The highest BCUT2D eigenvalue weighted by Gasteiger charge is 2.14. The summed E-state index contributed by atoms with van der Waals surface area (Å²) in [5.74, 6) is -0.132. The number of hydrogen-bond donors (Lipinski definition) is 1. The Morgan fingerprint density at radius 2 is 1.66 bits per heavy atom. The van der Waals surface area contributed by atoms with Crippen molar-refractivity contribution in [1.82, 2.24) is 15.0 Å². The fourth-order valence-electron chi connectivity index (χ4n) is 3.79. The third kappa shape index (κ3) is 4.34. The Labute approximate surface area is 201 Å². The number of nitrogens with one attached hydrogen (secondary N) is 1. The normalized spacial score (nSPS) is 11.0. The molecule has 0 aliphatic rings. The average Bonchev–Trinajstić information content (AvgIpc) is 3.17. The van der Waals surface area contributed by atoms with E-state index in [1.165, 1.54) is 5.69 Å². The zero-order valence-corrected chi connectivity index (χ0v) is 20.8. The number of carbonyl (C=O) groups excluding carboxylic acids is 1. The van der Waals surface area contributed by atoms with Crippen molar-refractivity contribution in [2.75, 3.05) is 23.3 Å². The molecule has 0 bridgehead atoms. The lowest BCUT2D eigenvalue weighted by Gasteiger charge is -2.22. The summed E-state index contributed by atoms with van der Waals surface area (Å²) in [6.45, 7) is 10.3. The lowest BCUT2D eigenvalue weighted by atomic mass is 10.1. The number of nitrogens with zero attached hydrogens (tertiary/aromatic N) is 4. The number of rotatable bonds is 6. The Morgan fingerprint density at radius 3 is 2.31 bits per heavy atom. The molecule has 0 spiro atoms. The number of halogens is 1. The minimum absolute atomic E-state index is 0.132. The second-order valence-electron chi connectivity index (χ2n) is 7.72. The molecule has 0 fully saturated rings. The molecule has 6 nitrogen and oxygen atoms in total. The topological polar surface area (TPSA) is 63.1 Å². The first-order valence-corrected chi connectivity index (χ1v) is 11.8. The second kappa shape index (κ2) is 9.28. The number of aryl methyl sites for hydroxylation is 2. The molecule has 1 heterocycles. The highest BCUT2D eigenvalue weighted by Crippen LogP contribution is 2.25. The van der Waals surface area contributed by atoms with Crippen LogP contribution in [0.4, 0.5) is 11.4 Å². The smallest absolute Gasteiger partial charge is 0.256 e. The number of benzene rings is 3.